The van der Waals surface area contributed by atoms with Crippen LogP contribution in [0.15, 0.2) is 24.4 Å². The first-order valence-electron chi connectivity index (χ1n) is 6.32. The average molecular weight is 235 g/mol. The van der Waals surface area contributed by atoms with Crippen molar-refractivity contribution in [3.63, 3.8) is 0 Å². The molecule has 0 aliphatic carbocycles. The number of likely N-dealkylation sites (tertiary alicyclic amines) is 1. The second-order valence-electron chi connectivity index (χ2n) is 4.46. The van der Waals surface area contributed by atoms with Crippen molar-refractivity contribution in [2.75, 3.05) is 26.2 Å². The Balaban J connectivity index is 1.72. The molecule has 2 rings (SSSR count). The average Bonchev–Trinajstić information content (AvgIpc) is 2.39. The molecule has 0 amide bonds. The van der Waals surface area contributed by atoms with Gasteiger partial charge in [0.25, 0.3) is 0 Å². The molecule has 0 aromatic carbocycles. The Labute approximate surface area is 103 Å². The molecule has 0 atom stereocenters. The molecule has 0 saturated carbocycles. The number of ether oxygens (including phenoxy) is 1. The van der Waals surface area contributed by atoms with Crippen molar-refractivity contribution >= 4 is 0 Å². The molecule has 2 N–H and O–H groups in total. The number of nitrogens with zero attached hydrogens (tertiary/aromatic N) is 2. The molecule has 0 unspecified atom stereocenters. The number of nitrogens with two attached hydrogens (primary N) is 1. The summed E-state index contributed by atoms with van der Waals surface area (Å²) in [5.41, 5.74) is 6.58. The van der Waals surface area contributed by atoms with Crippen molar-refractivity contribution in [3.8, 4) is 0 Å². The zero-order valence-corrected chi connectivity index (χ0v) is 10.2. The van der Waals surface area contributed by atoms with Crippen LogP contribution in [0.25, 0.3) is 0 Å². The van der Waals surface area contributed by atoms with Gasteiger partial charge in [0.05, 0.1) is 18.4 Å². The molecule has 17 heavy (non-hydrogen) atoms. The lowest BCUT2D eigenvalue weighted by Crippen LogP contribution is -2.37. The highest BCUT2D eigenvalue weighted by atomic mass is 16.5. The topological polar surface area (TPSA) is 51.4 Å². The monoisotopic (exact) mass is 235 g/mol. The Morgan fingerprint density at radius 1 is 1.35 bits per heavy atom. The van der Waals surface area contributed by atoms with Crippen LogP contribution >= 0.6 is 0 Å². The van der Waals surface area contributed by atoms with Crippen LogP contribution in [0.4, 0.5) is 0 Å². The van der Waals surface area contributed by atoms with Crippen molar-refractivity contribution in [2.45, 2.75) is 25.5 Å². The van der Waals surface area contributed by atoms with Crippen LogP contribution in [0.1, 0.15) is 18.5 Å². The molecule has 0 spiro atoms. The summed E-state index contributed by atoms with van der Waals surface area (Å²) in [6.45, 7) is 4.43. The second kappa shape index (κ2) is 6.69. The van der Waals surface area contributed by atoms with Gasteiger partial charge in [-0.15, -0.1) is 0 Å². The van der Waals surface area contributed by atoms with E-state index < -0.39 is 0 Å². The zero-order chi connectivity index (χ0) is 11.9. The summed E-state index contributed by atoms with van der Waals surface area (Å²) in [7, 11) is 0. The summed E-state index contributed by atoms with van der Waals surface area (Å²) in [6, 6.07) is 6.08. The molecule has 2 heterocycles. The summed E-state index contributed by atoms with van der Waals surface area (Å²) >= 11 is 0. The molecule has 0 bridgehead atoms. The Morgan fingerprint density at radius 2 is 2.18 bits per heavy atom. The maximum absolute atomic E-state index is 5.66. The SMILES string of the molecule is NCCOC1CCN(Cc2ccccn2)CC1. The number of hydrogen-bond acceptors (Lipinski definition) is 4. The van der Waals surface area contributed by atoms with E-state index in [0.717, 1.165) is 38.2 Å². The lowest BCUT2D eigenvalue weighted by Gasteiger charge is -2.31. The van der Waals surface area contributed by atoms with E-state index in [-0.39, 0.29) is 0 Å². The Bertz CT molecular complexity index is 310. The fraction of sp³-hybridized carbons (Fsp3) is 0.615. The van der Waals surface area contributed by atoms with E-state index in [1.165, 1.54) is 0 Å². The third-order valence-corrected chi connectivity index (χ3v) is 3.12. The van der Waals surface area contributed by atoms with Crippen LogP contribution in [0.5, 0.6) is 0 Å². The third kappa shape index (κ3) is 4.07. The molecule has 1 aliphatic heterocycles. The van der Waals surface area contributed by atoms with Gasteiger partial charge in [0.15, 0.2) is 0 Å². The van der Waals surface area contributed by atoms with Gasteiger partial charge >= 0.3 is 0 Å². The summed E-state index contributed by atoms with van der Waals surface area (Å²) < 4.78 is 5.66. The highest BCUT2D eigenvalue weighted by molar-refractivity contribution is 5.03. The van der Waals surface area contributed by atoms with Crippen molar-refractivity contribution in [3.05, 3.63) is 30.1 Å². The summed E-state index contributed by atoms with van der Waals surface area (Å²) in [5, 5.41) is 0. The van der Waals surface area contributed by atoms with E-state index in [0.29, 0.717) is 19.3 Å². The van der Waals surface area contributed by atoms with E-state index >= 15 is 0 Å². The molecule has 1 aromatic heterocycles. The molecular weight excluding hydrogens is 214 g/mol. The van der Waals surface area contributed by atoms with Gasteiger partial charge in [-0.25, -0.2) is 0 Å². The van der Waals surface area contributed by atoms with E-state index in [9.17, 15) is 0 Å². The number of piperidine rings is 1. The Kier molecular flexibility index (Phi) is 4.91. The first-order chi connectivity index (χ1) is 8.38. The smallest absolute Gasteiger partial charge is 0.0600 e. The minimum Gasteiger partial charge on any atom is -0.377 e. The Hall–Kier alpha value is -0.970. The first kappa shape index (κ1) is 12.5. The highest BCUT2D eigenvalue weighted by Gasteiger charge is 2.19. The van der Waals surface area contributed by atoms with Crippen molar-refractivity contribution in [2.24, 2.45) is 5.73 Å². The fourth-order valence-corrected chi connectivity index (χ4v) is 2.19. The summed E-state index contributed by atoms with van der Waals surface area (Å²) in [6.07, 6.45) is 4.46. The standard InChI is InChI=1S/C13H21N3O/c14-6-10-17-13-4-8-16(9-5-13)11-12-3-1-2-7-15-12/h1-3,7,13H,4-6,8-11,14H2. The van der Waals surface area contributed by atoms with Gasteiger partial charge in [0, 0.05) is 32.4 Å². The summed E-state index contributed by atoms with van der Waals surface area (Å²) in [4.78, 5) is 6.79. The van der Waals surface area contributed by atoms with E-state index in [1.807, 2.05) is 18.3 Å². The third-order valence-electron chi connectivity index (χ3n) is 3.12. The highest BCUT2D eigenvalue weighted by Crippen LogP contribution is 2.15. The van der Waals surface area contributed by atoms with Gasteiger partial charge in [-0.1, -0.05) is 6.07 Å². The Morgan fingerprint density at radius 3 is 2.82 bits per heavy atom. The molecule has 1 aliphatic rings. The maximum atomic E-state index is 5.66. The van der Waals surface area contributed by atoms with Crippen molar-refractivity contribution in [1.82, 2.24) is 9.88 Å². The molecule has 1 saturated heterocycles. The summed E-state index contributed by atoms with van der Waals surface area (Å²) in [5.74, 6) is 0. The number of rotatable bonds is 5. The van der Waals surface area contributed by atoms with Gasteiger partial charge in [0.1, 0.15) is 0 Å². The molecule has 4 nitrogen and oxygen atoms in total. The minimum absolute atomic E-state index is 0.401. The minimum atomic E-state index is 0.401. The van der Waals surface area contributed by atoms with Crippen LogP contribution in [-0.2, 0) is 11.3 Å². The van der Waals surface area contributed by atoms with Crippen LogP contribution in [-0.4, -0.2) is 42.2 Å². The van der Waals surface area contributed by atoms with Crippen LogP contribution in [0.2, 0.25) is 0 Å². The molecule has 4 heteroatoms. The van der Waals surface area contributed by atoms with Crippen LogP contribution in [0.3, 0.4) is 0 Å². The van der Waals surface area contributed by atoms with Gasteiger partial charge in [-0.2, -0.15) is 0 Å². The largest absolute Gasteiger partial charge is 0.377 e. The van der Waals surface area contributed by atoms with Crippen LogP contribution < -0.4 is 5.73 Å². The second-order valence-corrected chi connectivity index (χ2v) is 4.46. The fourth-order valence-electron chi connectivity index (χ4n) is 2.19. The number of pyridine rings is 1. The first-order valence-corrected chi connectivity index (χ1v) is 6.32. The molecule has 0 radical (unpaired) electrons. The van der Waals surface area contributed by atoms with E-state index in [2.05, 4.69) is 16.0 Å². The van der Waals surface area contributed by atoms with Gasteiger partial charge in [0.2, 0.25) is 0 Å². The van der Waals surface area contributed by atoms with Crippen molar-refractivity contribution < 1.29 is 4.74 Å². The molecule has 1 fully saturated rings. The molecular formula is C13H21N3O. The lowest BCUT2D eigenvalue weighted by atomic mass is 10.1. The predicted molar refractivity (Wildman–Crippen MR) is 67.5 cm³/mol. The predicted octanol–water partition coefficient (Wildman–Crippen LogP) is 1.02. The van der Waals surface area contributed by atoms with Crippen molar-refractivity contribution in [1.29, 1.82) is 0 Å². The van der Waals surface area contributed by atoms with Gasteiger partial charge < -0.3 is 10.5 Å². The lowest BCUT2D eigenvalue weighted by molar-refractivity contribution is 0.00955. The van der Waals surface area contributed by atoms with Crippen LogP contribution in [0, 0.1) is 0 Å². The van der Waals surface area contributed by atoms with E-state index in [1.54, 1.807) is 0 Å². The maximum Gasteiger partial charge on any atom is 0.0600 e. The number of aromatic nitrogens is 1. The normalized spacial score (nSPS) is 18.4. The molecule has 1 aromatic rings. The number of hydrogen-bond donors (Lipinski definition) is 1. The quantitative estimate of drug-likeness (QED) is 0.828. The zero-order valence-electron chi connectivity index (χ0n) is 10.2. The van der Waals surface area contributed by atoms with E-state index in [4.69, 9.17) is 10.5 Å². The molecule has 94 valence electrons. The van der Waals surface area contributed by atoms with Gasteiger partial charge in [-0.05, 0) is 25.0 Å². The van der Waals surface area contributed by atoms with Gasteiger partial charge in [-0.3, -0.25) is 9.88 Å².